The molecule has 0 spiro atoms. The Bertz CT molecular complexity index is 1650. The van der Waals surface area contributed by atoms with E-state index in [1.54, 1.807) is 24.7 Å². The summed E-state index contributed by atoms with van der Waals surface area (Å²) in [7, 11) is -1.70. The van der Waals surface area contributed by atoms with Crippen LogP contribution in [-0.2, 0) is 22.0 Å². The van der Waals surface area contributed by atoms with Crippen LogP contribution >= 0.6 is 0 Å². The summed E-state index contributed by atoms with van der Waals surface area (Å²) in [4.78, 5) is 14.4. The fourth-order valence-electron chi connectivity index (χ4n) is 6.52. The highest BCUT2D eigenvalue weighted by Crippen LogP contribution is 2.48. The van der Waals surface area contributed by atoms with Crippen LogP contribution < -0.4 is 10.0 Å². The SMILES string of the molecule is Cc1cc(-c2cccnn2)cc2c(N3CCc4ccc(S(N)(=O)=O)cc4C3(C)C3CCN(C)CC3)ncnc12. The fraction of sp³-hybridized carbons (Fsp3) is 0.379. The van der Waals surface area contributed by atoms with Crippen molar-refractivity contribution < 1.29 is 8.42 Å². The minimum Gasteiger partial charge on any atom is -0.346 e. The van der Waals surface area contributed by atoms with E-state index in [2.05, 4.69) is 58.0 Å². The molecule has 2 aliphatic rings. The summed E-state index contributed by atoms with van der Waals surface area (Å²) < 4.78 is 24.8. The van der Waals surface area contributed by atoms with E-state index < -0.39 is 15.6 Å². The molecule has 1 saturated heterocycles. The van der Waals surface area contributed by atoms with Crippen LogP contribution in [0.2, 0.25) is 0 Å². The molecule has 0 amide bonds. The molecule has 0 saturated carbocycles. The highest BCUT2D eigenvalue weighted by atomic mass is 32.2. The highest BCUT2D eigenvalue weighted by molar-refractivity contribution is 7.89. The van der Waals surface area contributed by atoms with E-state index in [-0.39, 0.29) is 10.8 Å². The lowest BCUT2D eigenvalue weighted by Gasteiger charge is -2.53. The smallest absolute Gasteiger partial charge is 0.238 e. The molecule has 0 bridgehead atoms. The first-order valence-corrected chi connectivity index (χ1v) is 14.9. The van der Waals surface area contributed by atoms with E-state index in [9.17, 15) is 8.42 Å². The number of nitrogens with zero attached hydrogens (tertiary/aromatic N) is 6. The minimum atomic E-state index is -3.85. The molecule has 4 heterocycles. The number of aromatic nitrogens is 4. The zero-order chi connectivity index (χ0) is 27.4. The van der Waals surface area contributed by atoms with Gasteiger partial charge < -0.3 is 9.80 Å². The molecule has 6 rings (SSSR count). The number of anilines is 1. The van der Waals surface area contributed by atoms with Gasteiger partial charge in [0.25, 0.3) is 0 Å². The van der Waals surface area contributed by atoms with Gasteiger partial charge in [0, 0.05) is 23.7 Å². The van der Waals surface area contributed by atoms with Crippen molar-refractivity contribution in [2.75, 3.05) is 31.6 Å². The van der Waals surface area contributed by atoms with Gasteiger partial charge in [-0.3, -0.25) is 0 Å². The molecule has 10 heteroatoms. The predicted octanol–water partition coefficient (Wildman–Crippen LogP) is 3.66. The second-order valence-corrected chi connectivity index (χ2v) is 12.5. The molecule has 1 unspecified atom stereocenters. The van der Waals surface area contributed by atoms with E-state index in [0.29, 0.717) is 0 Å². The van der Waals surface area contributed by atoms with Crippen LogP contribution in [0.4, 0.5) is 5.82 Å². The quantitative estimate of drug-likeness (QED) is 0.414. The first kappa shape index (κ1) is 25.8. The largest absolute Gasteiger partial charge is 0.346 e. The molecule has 39 heavy (non-hydrogen) atoms. The number of hydrogen-bond donors (Lipinski definition) is 1. The van der Waals surface area contributed by atoms with Crippen molar-refractivity contribution >= 4 is 26.7 Å². The maximum Gasteiger partial charge on any atom is 0.238 e. The second kappa shape index (κ2) is 9.62. The average molecular weight is 544 g/mol. The second-order valence-electron chi connectivity index (χ2n) is 11.0. The summed E-state index contributed by atoms with van der Waals surface area (Å²) in [6, 6.07) is 13.4. The normalized spacial score (nSPS) is 20.8. The number of likely N-dealkylation sites (tertiary alicyclic amines) is 1. The maximum atomic E-state index is 12.4. The van der Waals surface area contributed by atoms with E-state index in [1.807, 2.05) is 18.2 Å². The molecule has 1 fully saturated rings. The summed E-state index contributed by atoms with van der Waals surface area (Å²) in [6.07, 6.45) is 6.07. The first-order chi connectivity index (χ1) is 18.7. The predicted molar refractivity (Wildman–Crippen MR) is 152 cm³/mol. The Morgan fingerprint density at radius 2 is 1.85 bits per heavy atom. The number of piperidine rings is 1. The Labute approximate surface area is 229 Å². The molecule has 0 radical (unpaired) electrons. The topological polar surface area (TPSA) is 118 Å². The van der Waals surface area contributed by atoms with E-state index >= 15 is 0 Å². The van der Waals surface area contributed by atoms with Gasteiger partial charge in [-0.25, -0.2) is 23.5 Å². The number of nitrogens with two attached hydrogens (primary N) is 1. The molecular weight excluding hydrogens is 510 g/mol. The fourth-order valence-corrected chi connectivity index (χ4v) is 7.06. The molecule has 202 valence electrons. The number of primary sulfonamides is 1. The third-order valence-electron chi connectivity index (χ3n) is 8.67. The van der Waals surface area contributed by atoms with Gasteiger partial charge in [-0.15, -0.1) is 0 Å². The molecule has 2 N–H and O–H groups in total. The monoisotopic (exact) mass is 543 g/mol. The number of benzene rings is 2. The number of fused-ring (bicyclic) bond motifs is 2. The summed E-state index contributed by atoms with van der Waals surface area (Å²) in [5, 5.41) is 15.0. The van der Waals surface area contributed by atoms with Crippen LogP contribution in [0.15, 0.2) is 59.9 Å². The third-order valence-corrected chi connectivity index (χ3v) is 9.58. The minimum absolute atomic E-state index is 0.149. The van der Waals surface area contributed by atoms with Crippen LogP contribution in [0.25, 0.3) is 22.2 Å². The van der Waals surface area contributed by atoms with Gasteiger partial charge in [0.05, 0.1) is 21.6 Å². The highest BCUT2D eigenvalue weighted by Gasteiger charge is 2.47. The first-order valence-electron chi connectivity index (χ1n) is 13.3. The average Bonchev–Trinajstić information content (AvgIpc) is 2.93. The lowest BCUT2D eigenvalue weighted by atomic mass is 9.69. The van der Waals surface area contributed by atoms with Gasteiger partial charge in [0.15, 0.2) is 0 Å². The molecule has 2 aromatic carbocycles. The zero-order valence-electron chi connectivity index (χ0n) is 22.5. The van der Waals surface area contributed by atoms with Crippen LogP contribution in [0, 0.1) is 12.8 Å². The standard InChI is InChI=1S/C29H33N7O2S/c1-19-15-21(26-5-4-11-33-34-26)16-24-27(19)31-18-32-28(24)36-14-8-20-6-7-23(39(30,37)38)17-25(20)29(36,2)22-9-12-35(3)13-10-22/h4-7,11,15-18,22H,8-10,12-14H2,1-3H3,(H2,30,37,38). The van der Waals surface area contributed by atoms with E-state index in [1.165, 1.54) is 0 Å². The zero-order valence-corrected chi connectivity index (χ0v) is 23.3. The number of rotatable bonds is 4. The van der Waals surface area contributed by atoms with Crippen molar-refractivity contribution in [3.05, 3.63) is 71.7 Å². The molecule has 2 aliphatic heterocycles. The van der Waals surface area contributed by atoms with Gasteiger partial charge in [-0.2, -0.15) is 10.2 Å². The number of aryl methyl sites for hydroxylation is 1. The van der Waals surface area contributed by atoms with Crippen molar-refractivity contribution in [1.29, 1.82) is 0 Å². The molecule has 4 aromatic rings. The van der Waals surface area contributed by atoms with Crippen molar-refractivity contribution in [2.24, 2.45) is 11.1 Å². The molecule has 0 aliphatic carbocycles. The van der Waals surface area contributed by atoms with Gasteiger partial charge >= 0.3 is 0 Å². The van der Waals surface area contributed by atoms with Gasteiger partial charge in [-0.05, 0) is 112 Å². The molecule has 2 aromatic heterocycles. The van der Waals surface area contributed by atoms with Crippen molar-refractivity contribution in [2.45, 2.75) is 43.5 Å². The number of sulfonamides is 1. The maximum absolute atomic E-state index is 12.4. The van der Waals surface area contributed by atoms with Gasteiger partial charge in [0.2, 0.25) is 10.0 Å². The molecule has 1 atom stereocenters. The van der Waals surface area contributed by atoms with Crippen LogP contribution in [0.5, 0.6) is 0 Å². The van der Waals surface area contributed by atoms with E-state index in [4.69, 9.17) is 10.1 Å². The Balaban J connectivity index is 1.57. The Morgan fingerprint density at radius 1 is 1.05 bits per heavy atom. The van der Waals surface area contributed by atoms with Crippen molar-refractivity contribution in [1.82, 2.24) is 25.1 Å². The summed E-state index contributed by atoms with van der Waals surface area (Å²) in [5.41, 5.74) is 5.36. The van der Waals surface area contributed by atoms with Crippen LogP contribution in [-0.4, -0.2) is 60.2 Å². The molecular formula is C29H33N7O2S. The number of hydrogen-bond acceptors (Lipinski definition) is 8. The van der Waals surface area contributed by atoms with Crippen LogP contribution in [0.3, 0.4) is 0 Å². The third kappa shape index (κ3) is 4.46. The summed E-state index contributed by atoms with van der Waals surface area (Å²) in [5.74, 6) is 1.14. The van der Waals surface area contributed by atoms with Crippen molar-refractivity contribution in [3.63, 3.8) is 0 Å². The lowest BCUT2D eigenvalue weighted by molar-refractivity contribution is 0.145. The summed E-state index contributed by atoms with van der Waals surface area (Å²) >= 11 is 0. The van der Waals surface area contributed by atoms with Crippen molar-refractivity contribution in [3.8, 4) is 11.3 Å². The Morgan fingerprint density at radius 3 is 2.56 bits per heavy atom. The lowest BCUT2D eigenvalue weighted by Crippen LogP contribution is -2.56. The van der Waals surface area contributed by atoms with Gasteiger partial charge in [-0.1, -0.05) is 6.07 Å². The van der Waals surface area contributed by atoms with E-state index in [0.717, 1.165) is 83.6 Å². The summed E-state index contributed by atoms with van der Waals surface area (Å²) in [6.45, 7) is 7.03. The van der Waals surface area contributed by atoms with Crippen LogP contribution in [0.1, 0.15) is 36.5 Å². The molecule has 9 nitrogen and oxygen atoms in total. The van der Waals surface area contributed by atoms with Gasteiger partial charge in [0.1, 0.15) is 12.1 Å². The Kier molecular flexibility index (Phi) is 6.36. The Hall–Kier alpha value is -3.47.